The summed E-state index contributed by atoms with van der Waals surface area (Å²) < 4.78 is 217. The second kappa shape index (κ2) is 8.70. The Hall–Kier alpha value is -5.11. The summed E-state index contributed by atoms with van der Waals surface area (Å²) in [5.41, 5.74) is -3.08. The zero-order chi connectivity index (χ0) is 49.0. The molecule has 0 fully saturated rings. The van der Waals surface area contributed by atoms with Crippen molar-refractivity contribution in [1.82, 2.24) is 0 Å². The van der Waals surface area contributed by atoms with E-state index in [0.717, 1.165) is 0 Å². The minimum atomic E-state index is -0.911. The van der Waals surface area contributed by atoms with E-state index < -0.39 is 194 Å². The van der Waals surface area contributed by atoms with Crippen LogP contribution in [-0.2, 0) is 0 Å². The molecular weight excluding hydrogens is 537 g/mol. The molecule has 0 unspecified atom stereocenters. The first-order valence-electron chi connectivity index (χ1n) is 24.9. The summed E-state index contributed by atoms with van der Waals surface area (Å²) in [4.78, 5) is -0.273. The van der Waals surface area contributed by atoms with E-state index in [1.807, 2.05) is 0 Å². The molecule has 9 aromatic rings. The van der Waals surface area contributed by atoms with Gasteiger partial charge in [0.1, 0.15) is 0 Å². The molecule has 0 aromatic heterocycles. The first-order valence-corrected chi connectivity index (χ1v) is 13.7. The molecule has 0 saturated carbocycles. The second-order valence-electron chi connectivity index (χ2n) is 9.76. The number of hydrogen-bond acceptors (Lipinski definition) is 1. The molecule has 1 heteroatoms. The van der Waals surface area contributed by atoms with Crippen LogP contribution >= 0.6 is 11.8 Å². The highest BCUT2D eigenvalue weighted by Crippen LogP contribution is 2.50. The van der Waals surface area contributed by atoms with Crippen LogP contribution in [0.5, 0.6) is 0 Å². The van der Waals surface area contributed by atoms with Crippen molar-refractivity contribution in [3.63, 3.8) is 0 Å². The van der Waals surface area contributed by atoms with E-state index in [9.17, 15) is 13.7 Å². The van der Waals surface area contributed by atoms with Crippen molar-refractivity contribution in [2.24, 2.45) is 0 Å². The molecule has 1 heterocycles. The fourth-order valence-corrected chi connectivity index (χ4v) is 6.61. The summed E-state index contributed by atoms with van der Waals surface area (Å²) in [5, 5.41) is -4.04. The summed E-state index contributed by atoms with van der Waals surface area (Å²) in [6.45, 7) is 0. The molecule has 0 nitrogen and oxygen atoms in total. The van der Waals surface area contributed by atoms with Crippen molar-refractivity contribution in [3.05, 3.63) is 145 Å². The number of rotatable bonds is 2. The third-order valence-electron chi connectivity index (χ3n) is 7.51. The van der Waals surface area contributed by atoms with Crippen LogP contribution in [0.4, 0.5) is 0 Å². The molecule has 0 radical (unpaired) electrons. The van der Waals surface area contributed by atoms with Crippen LogP contribution in [0.3, 0.4) is 0 Å². The van der Waals surface area contributed by atoms with Crippen molar-refractivity contribution in [2.45, 2.75) is 9.79 Å². The molecule has 0 amide bonds. The Balaban J connectivity index is 1.46. The highest BCUT2D eigenvalue weighted by atomic mass is 32.2. The Kier molecular flexibility index (Phi) is 2.08. The van der Waals surface area contributed by atoms with Crippen molar-refractivity contribution < 1.29 is 32.9 Å². The predicted molar refractivity (Wildman–Crippen MR) is 186 cm³/mol. The third kappa shape index (κ3) is 3.29. The molecule has 0 bridgehead atoms. The Morgan fingerprint density at radius 1 is 0.349 bits per heavy atom. The minimum absolute atomic E-state index is 0.123. The smallest absolute Gasteiger partial charge is 0.0636 e. The van der Waals surface area contributed by atoms with Gasteiger partial charge in [0.25, 0.3) is 0 Å². The van der Waals surface area contributed by atoms with E-state index in [0.29, 0.717) is 11.8 Å². The lowest BCUT2D eigenvalue weighted by Crippen LogP contribution is -1.94. The lowest BCUT2D eigenvalue weighted by molar-refractivity contribution is 1.40. The van der Waals surface area contributed by atoms with Gasteiger partial charge in [-0.15, -0.1) is 0 Å². The Labute approximate surface area is 287 Å². The van der Waals surface area contributed by atoms with Gasteiger partial charge in [-0.3, -0.25) is 0 Å². The van der Waals surface area contributed by atoms with Crippen molar-refractivity contribution in [1.29, 1.82) is 0 Å². The van der Waals surface area contributed by atoms with E-state index in [4.69, 9.17) is 19.2 Å². The highest BCUT2D eigenvalue weighted by Gasteiger charge is 2.21. The summed E-state index contributed by atoms with van der Waals surface area (Å²) in [6, 6.07) is -18.1. The molecule has 1 aliphatic rings. The van der Waals surface area contributed by atoms with Crippen LogP contribution in [0.1, 0.15) is 32.9 Å². The van der Waals surface area contributed by atoms with Crippen molar-refractivity contribution in [2.75, 3.05) is 0 Å². The molecule has 43 heavy (non-hydrogen) atoms. The quantitative estimate of drug-likeness (QED) is 0.182. The average Bonchev–Trinajstić information content (AvgIpc) is 3.29. The average molecular weight is 585 g/mol. The van der Waals surface area contributed by atoms with Crippen molar-refractivity contribution >= 4 is 65.6 Å². The summed E-state index contributed by atoms with van der Waals surface area (Å²) >= 11 is 0.661. The molecule has 0 spiro atoms. The van der Waals surface area contributed by atoms with Gasteiger partial charge in [0.15, 0.2) is 0 Å². The summed E-state index contributed by atoms with van der Waals surface area (Å²) in [5.74, 6) is 0. The number of fused-ring (bicyclic) bond motifs is 3. The Bertz CT molecular complexity index is 3910. The molecule has 9 aromatic carbocycles. The topological polar surface area (TPSA) is 0 Å². The fourth-order valence-electron chi connectivity index (χ4n) is 5.64. The van der Waals surface area contributed by atoms with Gasteiger partial charge in [0.2, 0.25) is 0 Å². The van der Waals surface area contributed by atoms with E-state index in [1.54, 1.807) is 0 Å². The molecule has 198 valence electrons. The largest absolute Gasteiger partial charge is 0.0888 e. The van der Waals surface area contributed by atoms with Gasteiger partial charge < -0.3 is 0 Å². The Morgan fingerprint density at radius 3 is 1.91 bits per heavy atom. The monoisotopic (exact) mass is 584 g/mol. The van der Waals surface area contributed by atoms with Crippen LogP contribution < -0.4 is 0 Å². The number of benzene rings is 9. The predicted octanol–water partition coefficient (Wildman–Crippen LogP) is 12.4. The SMILES string of the molecule is [2H]c1c([2H])c([2H])c2c(c1[2H])Sc1c([2H])c([2H])c(-c3c([2H])c([2H])c4c([2H])c([2H])c([2H])c(-c5c([2H])c([2H])c6c([2H])c([2H])c7c([2H])c([2H])c([2H])c8c([2H])c([2H])c5c6c78)c4c3[2H])c3c([2H])c([2H])c([2H])c-2c13. The minimum Gasteiger partial charge on any atom is -0.0888 e. The van der Waals surface area contributed by atoms with Gasteiger partial charge >= 0.3 is 0 Å². The van der Waals surface area contributed by atoms with Gasteiger partial charge in [-0.1, -0.05) is 139 Å². The normalized spacial score (nSPS) is 20.4. The standard InChI is InChI=1S/C42H24S/c1-2-13-38-33(9-1)35-12-5-11-34-30(22-23-39(43-38)42(34)35)29-17-14-25-6-4-10-31(37(25)24-29)32-20-18-28-16-15-26-7-3-8-27-19-21-36(32)41(28)40(26)27/h1-24H/i1D,2D,3D,4D,5D,6D,7D,8D,9D,10D,11D,12D,13D,14D,15D,16D,17D,18D,19D,20D,21D,22D,23D,24D. The second-order valence-corrected chi connectivity index (χ2v) is 10.8. The zero-order valence-corrected chi connectivity index (χ0v) is 22.2. The molecule has 1 aliphatic heterocycles. The van der Waals surface area contributed by atoms with E-state index >= 15 is 0 Å². The van der Waals surface area contributed by atoms with Gasteiger partial charge in [-0.2, -0.15) is 0 Å². The van der Waals surface area contributed by atoms with Gasteiger partial charge in [0.05, 0.1) is 32.9 Å². The highest BCUT2D eigenvalue weighted by molar-refractivity contribution is 7.99. The van der Waals surface area contributed by atoms with Crippen LogP contribution in [0.25, 0.3) is 87.2 Å². The number of hydrogen-bond donors (Lipinski definition) is 0. The van der Waals surface area contributed by atoms with E-state index in [1.165, 1.54) is 0 Å². The van der Waals surface area contributed by atoms with Crippen molar-refractivity contribution in [3.8, 4) is 33.4 Å². The summed E-state index contributed by atoms with van der Waals surface area (Å²) in [6.07, 6.45) is 0. The Morgan fingerprint density at radius 2 is 0.977 bits per heavy atom. The van der Waals surface area contributed by atoms with Gasteiger partial charge in [-0.05, 0) is 100.0 Å². The maximum Gasteiger partial charge on any atom is 0.0636 e. The van der Waals surface area contributed by atoms with E-state index in [-0.39, 0.29) is 47.8 Å². The molecule has 0 N–H and O–H groups in total. The van der Waals surface area contributed by atoms with Gasteiger partial charge in [-0.25, -0.2) is 0 Å². The van der Waals surface area contributed by atoms with E-state index in [2.05, 4.69) is 0 Å². The zero-order valence-electron chi connectivity index (χ0n) is 45.4. The summed E-state index contributed by atoms with van der Waals surface area (Å²) in [7, 11) is 0. The third-order valence-corrected chi connectivity index (χ3v) is 8.53. The maximum absolute atomic E-state index is 9.91. The molecule has 0 atom stereocenters. The molecule has 10 rings (SSSR count). The lowest BCUT2D eigenvalue weighted by atomic mass is 9.87. The lowest BCUT2D eigenvalue weighted by Gasteiger charge is -2.22. The molecule has 0 aliphatic carbocycles. The van der Waals surface area contributed by atoms with Crippen LogP contribution in [0.2, 0.25) is 0 Å². The first kappa shape index (κ1) is 10.3. The van der Waals surface area contributed by atoms with Gasteiger partial charge in [0, 0.05) is 15.2 Å². The van der Waals surface area contributed by atoms with Crippen LogP contribution in [0.15, 0.2) is 155 Å². The fraction of sp³-hybridized carbons (Fsp3) is 0. The first-order chi connectivity index (χ1) is 31.3. The van der Waals surface area contributed by atoms with Crippen LogP contribution in [0, 0.1) is 0 Å². The van der Waals surface area contributed by atoms with Crippen LogP contribution in [-0.4, -0.2) is 0 Å². The molecule has 0 saturated heterocycles. The molecular formula is C42H24S. The maximum atomic E-state index is 9.91.